The molecule has 0 radical (unpaired) electrons. The van der Waals surface area contributed by atoms with Crippen LogP contribution in [0.5, 0.6) is 0 Å². The molecule has 0 saturated carbocycles. The number of hydrogen-bond acceptors (Lipinski definition) is 7. The zero-order valence-corrected chi connectivity index (χ0v) is 16.9. The number of hydrogen-bond donors (Lipinski definition) is 4. The van der Waals surface area contributed by atoms with Gasteiger partial charge in [0.25, 0.3) is 5.91 Å². The fourth-order valence-corrected chi connectivity index (χ4v) is 3.78. The Labute approximate surface area is 175 Å². The fraction of sp³-hybridized carbons (Fsp3) is 0.250. The summed E-state index contributed by atoms with van der Waals surface area (Å²) in [6.45, 7) is 3.82. The van der Waals surface area contributed by atoms with Gasteiger partial charge in [-0.15, -0.1) is 0 Å². The van der Waals surface area contributed by atoms with Gasteiger partial charge in [-0.2, -0.15) is 0 Å². The van der Waals surface area contributed by atoms with E-state index in [9.17, 15) is 4.79 Å². The van der Waals surface area contributed by atoms with Crippen LogP contribution in [0.1, 0.15) is 38.8 Å². The number of benzene rings is 1. The first-order valence-corrected chi connectivity index (χ1v) is 10.3. The molecular weight excluding hydrogens is 386 g/mol. The lowest BCUT2D eigenvalue weighted by molar-refractivity contribution is 0.102. The molecule has 1 fully saturated rings. The number of rotatable bonds is 5. The smallest absolute Gasteiger partial charge is 0.257 e. The van der Waals surface area contributed by atoms with Crippen LogP contribution in [0.15, 0.2) is 42.2 Å². The van der Waals surface area contributed by atoms with Crippen LogP contribution in [0.25, 0.3) is 15.9 Å². The van der Waals surface area contributed by atoms with Crippen LogP contribution in [-0.4, -0.2) is 33.9 Å². The van der Waals surface area contributed by atoms with E-state index >= 15 is 0 Å². The number of fused-ring (bicyclic) bond motifs is 1. The number of nitrogens with zero attached hydrogens (tertiary/aromatic N) is 3. The second-order valence-corrected chi connectivity index (χ2v) is 7.64. The highest BCUT2D eigenvalue weighted by Crippen LogP contribution is 2.26. The molecule has 154 valence electrons. The maximum absolute atomic E-state index is 12.6. The molecule has 1 aliphatic rings. The van der Waals surface area contributed by atoms with Gasteiger partial charge in [0.05, 0.1) is 21.5 Å². The second kappa shape index (κ2) is 8.14. The van der Waals surface area contributed by atoms with Gasteiger partial charge in [-0.3, -0.25) is 9.93 Å². The summed E-state index contributed by atoms with van der Waals surface area (Å²) in [5.74, 6) is 1.32. The molecule has 1 aliphatic heterocycles. The predicted octanol–water partition coefficient (Wildman–Crippen LogP) is 3.56. The van der Waals surface area contributed by atoms with Crippen molar-refractivity contribution in [3.05, 3.63) is 53.6 Å². The van der Waals surface area contributed by atoms with Gasteiger partial charge < -0.3 is 20.9 Å². The Morgan fingerprint density at radius 1 is 1.28 bits per heavy atom. The molecule has 1 aromatic carbocycles. The van der Waals surface area contributed by atoms with Crippen LogP contribution in [0.2, 0.25) is 0 Å². The second-order valence-electron chi connectivity index (χ2n) is 7.00. The number of aromatic amines is 1. The summed E-state index contributed by atoms with van der Waals surface area (Å²) in [4.78, 5) is 27.7. The Balaban J connectivity index is 0.00000171. The monoisotopic (exact) mass is 413 g/mol. The quantitative estimate of drug-likeness (QED) is 0.471. The first-order valence-electron chi connectivity index (χ1n) is 9.41. The van der Waals surface area contributed by atoms with Crippen LogP contribution < -0.4 is 21.1 Å². The molecule has 6 N–H and O–H groups in total. The van der Waals surface area contributed by atoms with Crippen LogP contribution >= 0.6 is 11.9 Å². The van der Waals surface area contributed by atoms with E-state index in [-0.39, 0.29) is 8.76 Å². The van der Waals surface area contributed by atoms with Gasteiger partial charge in [-0.05, 0) is 62.0 Å². The van der Waals surface area contributed by atoms with Crippen molar-refractivity contribution in [2.75, 3.05) is 23.3 Å². The highest BCUT2D eigenvalue weighted by molar-refractivity contribution is 8.06. The third-order valence-corrected chi connectivity index (χ3v) is 5.62. The number of amides is 1. The first kappa shape index (κ1) is 19.3. The van der Waals surface area contributed by atoms with E-state index in [2.05, 4.69) is 25.2 Å². The molecule has 0 atom stereocenters. The summed E-state index contributed by atoms with van der Waals surface area (Å²) in [5, 5.41) is 8.60. The van der Waals surface area contributed by atoms with E-state index in [1.165, 1.54) is 12.8 Å². The van der Waals surface area contributed by atoms with Crippen LogP contribution in [-0.2, 0) is 0 Å². The molecule has 1 saturated heterocycles. The number of H-pyrrole nitrogens is 1. The minimum Gasteiger partial charge on any atom is -0.401 e. The van der Waals surface area contributed by atoms with Crippen molar-refractivity contribution < 1.29 is 7.65 Å². The molecule has 0 spiro atoms. The molecule has 1 amide bonds. The number of imidazole rings is 1. The molecular formula is C20H27N7OS. The molecule has 3 aromatic rings. The number of anilines is 2. The van der Waals surface area contributed by atoms with E-state index in [1.54, 1.807) is 13.1 Å². The van der Waals surface area contributed by atoms with E-state index in [1.807, 2.05) is 30.3 Å². The molecule has 8 nitrogen and oxygen atoms in total. The van der Waals surface area contributed by atoms with Gasteiger partial charge >= 0.3 is 0 Å². The van der Waals surface area contributed by atoms with Gasteiger partial charge in [0, 0.05) is 33.5 Å². The lowest BCUT2D eigenvalue weighted by atomic mass is 10.2. The van der Waals surface area contributed by atoms with Crippen molar-refractivity contribution >= 4 is 45.3 Å². The van der Waals surface area contributed by atoms with E-state index in [0.29, 0.717) is 27.7 Å². The predicted molar refractivity (Wildman–Crippen MR) is 123 cm³/mol. The zero-order chi connectivity index (χ0) is 20.4. The van der Waals surface area contributed by atoms with Gasteiger partial charge in [-0.1, -0.05) is 0 Å². The SMILES string of the molecule is C/C(N)=C(/SN)c1nc2ccc(NC(=O)c3ccc(N4CCCC4)nc3)cc2[nH]1.[HH].[HH]. The minimum absolute atomic E-state index is 0. The normalized spacial score (nSPS) is 14.9. The molecule has 3 heterocycles. The van der Waals surface area contributed by atoms with Crippen LogP contribution in [0.4, 0.5) is 11.5 Å². The highest BCUT2D eigenvalue weighted by atomic mass is 32.2. The summed E-state index contributed by atoms with van der Waals surface area (Å²) in [6.07, 6.45) is 4.00. The average Bonchev–Trinajstić information content (AvgIpc) is 3.38. The Morgan fingerprint density at radius 2 is 2.07 bits per heavy atom. The third-order valence-electron chi connectivity index (χ3n) is 4.87. The molecule has 4 rings (SSSR count). The fourth-order valence-electron chi connectivity index (χ4n) is 3.39. The van der Waals surface area contributed by atoms with E-state index in [4.69, 9.17) is 10.9 Å². The van der Waals surface area contributed by atoms with Gasteiger partial charge in [0.15, 0.2) is 0 Å². The van der Waals surface area contributed by atoms with Crippen LogP contribution in [0, 0.1) is 0 Å². The maximum atomic E-state index is 12.6. The standard InChI is InChI=1S/C20H23N7OS.2H2/c1-12(21)18(29-22)19-25-15-6-5-14(10-16(15)26-19)24-20(28)13-4-7-17(23-11-13)27-8-2-3-9-27;;/h4-7,10-11H,2-3,8-9,21-22H2,1H3,(H,24,28)(H,25,26);2*1H/b18-12-;;. The van der Waals surface area contributed by atoms with Crippen molar-refractivity contribution in [3.8, 4) is 0 Å². The molecule has 29 heavy (non-hydrogen) atoms. The summed E-state index contributed by atoms with van der Waals surface area (Å²) in [6, 6.07) is 9.19. The van der Waals surface area contributed by atoms with Crippen molar-refractivity contribution in [2.24, 2.45) is 10.9 Å². The number of nitrogens with one attached hydrogen (secondary N) is 2. The molecule has 9 heteroatoms. The molecule has 0 bridgehead atoms. The zero-order valence-electron chi connectivity index (χ0n) is 16.1. The lowest BCUT2D eigenvalue weighted by Gasteiger charge is -2.16. The van der Waals surface area contributed by atoms with Crippen molar-refractivity contribution in [1.82, 2.24) is 15.0 Å². The van der Waals surface area contributed by atoms with Crippen molar-refractivity contribution in [3.63, 3.8) is 0 Å². The molecule has 2 aromatic heterocycles. The van der Waals surface area contributed by atoms with E-state index in [0.717, 1.165) is 41.9 Å². The number of aromatic nitrogens is 3. The number of carbonyl (C=O) groups is 1. The number of allylic oxidation sites excluding steroid dienone is 1. The largest absolute Gasteiger partial charge is 0.401 e. The maximum Gasteiger partial charge on any atom is 0.257 e. The van der Waals surface area contributed by atoms with Gasteiger partial charge in [-0.25, -0.2) is 9.97 Å². The highest BCUT2D eigenvalue weighted by Gasteiger charge is 2.15. The number of pyridine rings is 1. The summed E-state index contributed by atoms with van der Waals surface area (Å²) < 4.78 is 0. The average molecular weight is 414 g/mol. The molecule has 0 aliphatic carbocycles. The van der Waals surface area contributed by atoms with Crippen molar-refractivity contribution in [1.29, 1.82) is 0 Å². The number of nitrogens with two attached hydrogens (primary N) is 2. The first-order chi connectivity index (χ1) is 14.0. The Bertz CT molecular complexity index is 1070. The van der Waals surface area contributed by atoms with E-state index < -0.39 is 0 Å². The molecule has 0 unspecified atom stereocenters. The summed E-state index contributed by atoms with van der Waals surface area (Å²) in [7, 11) is 0. The summed E-state index contributed by atoms with van der Waals surface area (Å²) >= 11 is 1.05. The Kier molecular flexibility index (Phi) is 5.41. The number of carbonyl (C=O) groups excluding carboxylic acids is 1. The summed E-state index contributed by atoms with van der Waals surface area (Å²) in [5.41, 5.74) is 9.19. The van der Waals surface area contributed by atoms with Gasteiger partial charge in [0.1, 0.15) is 11.6 Å². The Hall–Kier alpha value is -3.04. The van der Waals surface area contributed by atoms with Gasteiger partial charge in [0.2, 0.25) is 0 Å². The minimum atomic E-state index is -0.208. The third kappa shape index (κ3) is 4.06. The lowest BCUT2D eigenvalue weighted by Crippen LogP contribution is -2.19. The topological polar surface area (TPSA) is 126 Å². The Morgan fingerprint density at radius 3 is 2.72 bits per heavy atom. The van der Waals surface area contributed by atoms with Crippen molar-refractivity contribution in [2.45, 2.75) is 19.8 Å². The van der Waals surface area contributed by atoms with Crippen LogP contribution in [0.3, 0.4) is 0 Å².